The molecule has 1 aliphatic heterocycles. The first-order valence-corrected chi connectivity index (χ1v) is 13.4. The van der Waals surface area contributed by atoms with Gasteiger partial charge in [0.15, 0.2) is 0 Å². The summed E-state index contributed by atoms with van der Waals surface area (Å²) in [5.74, 6) is -0.296. The Labute approximate surface area is 228 Å². The molecule has 0 aliphatic carbocycles. The van der Waals surface area contributed by atoms with E-state index in [0.29, 0.717) is 29.4 Å². The molecule has 8 nitrogen and oxygen atoms in total. The van der Waals surface area contributed by atoms with E-state index in [4.69, 9.17) is 5.73 Å². The van der Waals surface area contributed by atoms with Crippen LogP contribution in [0.4, 0.5) is 11.4 Å². The van der Waals surface area contributed by atoms with Crippen molar-refractivity contribution in [2.24, 2.45) is 5.73 Å². The van der Waals surface area contributed by atoms with Gasteiger partial charge in [-0.2, -0.15) is 0 Å². The van der Waals surface area contributed by atoms with Crippen molar-refractivity contribution >= 4 is 34.1 Å². The summed E-state index contributed by atoms with van der Waals surface area (Å²) < 4.78 is 0. The van der Waals surface area contributed by atoms with Gasteiger partial charge in [0.25, 0.3) is 11.8 Å². The van der Waals surface area contributed by atoms with E-state index in [1.807, 2.05) is 72.8 Å². The van der Waals surface area contributed by atoms with Crippen LogP contribution in [-0.4, -0.2) is 61.0 Å². The Hall–Kier alpha value is -4.27. The topological polar surface area (TPSA) is 112 Å². The van der Waals surface area contributed by atoms with Crippen molar-refractivity contribution in [1.82, 2.24) is 20.5 Å². The standard InChI is InChI=1S/C31H34N6O2/c1-33-31(39)27-20-35-28-12-11-23(19-26(28)29(27)36-25-5-3-2-4-6-25)21-7-9-22(10-8-21)30(38)34-15-18-37-16-13-24(32)14-17-37/h2-12,19-20,24H,13-18,32H2,1H3,(H,33,39)(H,34,38)(H,35,36). The highest BCUT2D eigenvalue weighted by molar-refractivity contribution is 6.08. The van der Waals surface area contributed by atoms with Gasteiger partial charge in [0.2, 0.25) is 0 Å². The van der Waals surface area contributed by atoms with Gasteiger partial charge in [-0.1, -0.05) is 36.4 Å². The number of carbonyl (C=O) groups excluding carboxylic acids is 2. The molecule has 200 valence electrons. The third-order valence-electron chi connectivity index (χ3n) is 7.21. The van der Waals surface area contributed by atoms with Gasteiger partial charge in [-0.15, -0.1) is 0 Å². The molecule has 0 unspecified atom stereocenters. The molecule has 0 spiro atoms. The minimum Gasteiger partial charge on any atom is -0.355 e. The van der Waals surface area contributed by atoms with E-state index in [2.05, 4.69) is 25.8 Å². The SMILES string of the molecule is CNC(=O)c1cnc2ccc(-c3ccc(C(=O)NCCN4CCC(N)CC4)cc3)cc2c1Nc1ccccc1. The summed E-state index contributed by atoms with van der Waals surface area (Å²) in [6.45, 7) is 3.41. The Bertz CT molecular complexity index is 1450. The predicted molar refractivity (Wildman–Crippen MR) is 156 cm³/mol. The number of benzene rings is 3. The molecule has 39 heavy (non-hydrogen) atoms. The van der Waals surface area contributed by atoms with Gasteiger partial charge in [-0.05, 0) is 73.5 Å². The van der Waals surface area contributed by atoms with Gasteiger partial charge < -0.3 is 26.6 Å². The lowest BCUT2D eigenvalue weighted by atomic mass is 9.99. The largest absolute Gasteiger partial charge is 0.355 e. The summed E-state index contributed by atoms with van der Waals surface area (Å²) in [6.07, 6.45) is 3.62. The predicted octanol–water partition coefficient (Wildman–Crippen LogP) is 4.16. The zero-order valence-electron chi connectivity index (χ0n) is 22.1. The number of carbonyl (C=O) groups is 2. The molecular formula is C31H34N6O2. The van der Waals surface area contributed by atoms with Gasteiger partial charge in [0.05, 0.1) is 16.8 Å². The summed E-state index contributed by atoms with van der Waals surface area (Å²) in [5.41, 5.74) is 11.3. The highest BCUT2D eigenvalue weighted by atomic mass is 16.2. The molecule has 0 saturated carbocycles. The molecule has 3 aromatic carbocycles. The van der Waals surface area contributed by atoms with Crippen molar-refractivity contribution in [3.05, 3.63) is 90.1 Å². The maximum Gasteiger partial charge on any atom is 0.254 e. The molecule has 5 N–H and O–H groups in total. The quantitative estimate of drug-likeness (QED) is 0.277. The summed E-state index contributed by atoms with van der Waals surface area (Å²) in [5, 5.41) is 9.98. The van der Waals surface area contributed by atoms with Crippen molar-refractivity contribution in [3.8, 4) is 11.1 Å². The van der Waals surface area contributed by atoms with Crippen molar-refractivity contribution in [2.45, 2.75) is 18.9 Å². The molecule has 1 aliphatic rings. The zero-order chi connectivity index (χ0) is 27.2. The molecule has 8 heteroatoms. The number of nitrogens with one attached hydrogen (secondary N) is 3. The molecule has 0 bridgehead atoms. The first kappa shape index (κ1) is 26.3. The average Bonchev–Trinajstić information content (AvgIpc) is 2.98. The lowest BCUT2D eigenvalue weighted by Gasteiger charge is -2.29. The molecular weight excluding hydrogens is 488 g/mol. The smallest absolute Gasteiger partial charge is 0.254 e. The van der Waals surface area contributed by atoms with Gasteiger partial charge in [-0.25, -0.2) is 0 Å². The van der Waals surface area contributed by atoms with Crippen LogP contribution < -0.4 is 21.7 Å². The fraction of sp³-hybridized carbons (Fsp3) is 0.258. The van der Waals surface area contributed by atoms with E-state index < -0.39 is 0 Å². The Morgan fingerprint density at radius 2 is 1.67 bits per heavy atom. The lowest BCUT2D eigenvalue weighted by molar-refractivity contribution is 0.0942. The first-order valence-electron chi connectivity index (χ1n) is 13.4. The number of hydrogen-bond donors (Lipinski definition) is 4. The van der Waals surface area contributed by atoms with Crippen LogP contribution in [0.3, 0.4) is 0 Å². The minimum atomic E-state index is -0.215. The zero-order valence-corrected chi connectivity index (χ0v) is 22.1. The van der Waals surface area contributed by atoms with Gasteiger partial charge in [-0.3, -0.25) is 14.6 Å². The molecule has 2 amide bonds. The van der Waals surface area contributed by atoms with Crippen molar-refractivity contribution in [3.63, 3.8) is 0 Å². The summed E-state index contributed by atoms with van der Waals surface area (Å²) in [6, 6.07) is 23.6. The highest BCUT2D eigenvalue weighted by Crippen LogP contribution is 2.32. The van der Waals surface area contributed by atoms with Crippen LogP contribution in [0.1, 0.15) is 33.6 Å². The van der Waals surface area contributed by atoms with E-state index in [1.54, 1.807) is 13.2 Å². The van der Waals surface area contributed by atoms with E-state index in [1.165, 1.54) is 0 Å². The van der Waals surface area contributed by atoms with Gasteiger partial charge in [0.1, 0.15) is 0 Å². The summed E-state index contributed by atoms with van der Waals surface area (Å²) >= 11 is 0. The lowest BCUT2D eigenvalue weighted by Crippen LogP contribution is -2.43. The Balaban J connectivity index is 1.35. The second-order valence-electron chi connectivity index (χ2n) is 9.86. The van der Waals surface area contributed by atoms with Crippen molar-refractivity contribution in [2.75, 3.05) is 38.5 Å². The monoisotopic (exact) mass is 522 g/mol. The van der Waals surface area contributed by atoms with Crippen LogP contribution in [0.15, 0.2) is 79.0 Å². The number of pyridine rings is 1. The number of para-hydroxylation sites is 1. The number of hydrogen-bond acceptors (Lipinski definition) is 6. The van der Waals surface area contributed by atoms with Crippen LogP contribution in [-0.2, 0) is 0 Å². The third kappa shape index (κ3) is 6.25. The third-order valence-corrected chi connectivity index (χ3v) is 7.21. The number of likely N-dealkylation sites (tertiary alicyclic amines) is 1. The molecule has 1 aromatic heterocycles. The Kier molecular flexibility index (Phi) is 8.15. The second-order valence-corrected chi connectivity index (χ2v) is 9.86. The van der Waals surface area contributed by atoms with E-state index in [9.17, 15) is 9.59 Å². The number of nitrogens with two attached hydrogens (primary N) is 1. The summed E-state index contributed by atoms with van der Waals surface area (Å²) in [7, 11) is 1.61. The number of amides is 2. The number of piperidine rings is 1. The molecule has 1 saturated heterocycles. The number of anilines is 2. The fourth-order valence-corrected chi connectivity index (χ4v) is 4.90. The van der Waals surface area contributed by atoms with E-state index in [0.717, 1.165) is 60.2 Å². The number of nitrogens with zero attached hydrogens (tertiary/aromatic N) is 2. The maximum atomic E-state index is 12.7. The van der Waals surface area contributed by atoms with Crippen LogP contribution in [0, 0.1) is 0 Å². The Morgan fingerprint density at radius 3 is 2.38 bits per heavy atom. The normalized spacial score (nSPS) is 14.2. The second kappa shape index (κ2) is 12.1. The number of aromatic nitrogens is 1. The Morgan fingerprint density at radius 1 is 0.949 bits per heavy atom. The van der Waals surface area contributed by atoms with Crippen LogP contribution in [0.25, 0.3) is 22.0 Å². The van der Waals surface area contributed by atoms with Crippen molar-refractivity contribution < 1.29 is 9.59 Å². The molecule has 4 aromatic rings. The van der Waals surface area contributed by atoms with Crippen LogP contribution in [0.5, 0.6) is 0 Å². The van der Waals surface area contributed by atoms with Crippen LogP contribution in [0.2, 0.25) is 0 Å². The van der Waals surface area contributed by atoms with Crippen molar-refractivity contribution in [1.29, 1.82) is 0 Å². The maximum absolute atomic E-state index is 12.7. The average molecular weight is 523 g/mol. The molecule has 0 atom stereocenters. The van der Waals surface area contributed by atoms with E-state index >= 15 is 0 Å². The molecule has 0 radical (unpaired) electrons. The van der Waals surface area contributed by atoms with Gasteiger partial charge >= 0.3 is 0 Å². The number of rotatable bonds is 8. The molecule has 1 fully saturated rings. The fourth-order valence-electron chi connectivity index (χ4n) is 4.90. The minimum absolute atomic E-state index is 0.0810. The van der Waals surface area contributed by atoms with E-state index in [-0.39, 0.29) is 11.8 Å². The van der Waals surface area contributed by atoms with Gasteiger partial charge in [0, 0.05) is 49.0 Å². The first-order chi connectivity index (χ1) is 19.0. The molecule has 5 rings (SSSR count). The highest BCUT2D eigenvalue weighted by Gasteiger charge is 2.17. The number of fused-ring (bicyclic) bond motifs is 1. The van der Waals surface area contributed by atoms with Crippen LogP contribution >= 0.6 is 0 Å². The molecule has 2 heterocycles. The summed E-state index contributed by atoms with van der Waals surface area (Å²) in [4.78, 5) is 32.2.